The Morgan fingerprint density at radius 1 is 1.29 bits per heavy atom. The van der Waals surface area contributed by atoms with E-state index in [0.29, 0.717) is 11.5 Å². The fourth-order valence-corrected chi connectivity index (χ4v) is 5.03. The average molecular weight is 288 g/mol. The summed E-state index contributed by atoms with van der Waals surface area (Å²) in [6.07, 6.45) is 11.9. The van der Waals surface area contributed by atoms with Gasteiger partial charge in [-0.3, -0.25) is 0 Å². The van der Waals surface area contributed by atoms with Crippen molar-refractivity contribution in [2.75, 3.05) is 0 Å². The molecule has 0 aromatic carbocycles. The maximum Gasteiger partial charge on any atom is 0.0923 e. The normalized spacial score (nSPS) is 49.3. The molecule has 0 amide bonds. The van der Waals surface area contributed by atoms with Crippen LogP contribution in [0.1, 0.15) is 72.6 Å². The number of fused-ring (bicyclic) bond motifs is 2. The maximum atomic E-state index is 6.13. The van der Waals surface area contributed by atoms with Crippen molar-refractivity contribution in [3.05, 3.63) is 23.8 Å². The zero-order chi connectivity index (χ0) is 15.3. The van der Waals surface area contributed by atoms with Crippen LogP contribution in [0.2, 0.25) is 0 Å². The molecule has 21 heavy (non-hydrogen) atoms. The molecule has 0 radical (unpaired) electrons. The molecular weight excluding hydrogens is 256 g/mol. The summed E-state index contributed by atoms with van der Waals surface area (Å²) in [5.74, 6) is 1.53. The van der Waals surface area contributed by atoms with Gasteiger partial charge in [0.1, 0.15) is 0 Å². The summed E-state index contributed by atoms with van der Waals surface area (Å²) < 4.78 is 6.13. The lowest BCUT2D eigenvalue weighted by Crippen LogP contribution is -2.29. The van der Waals surface area contributed by atoms with Gasteiger partial charge >= 0.3 is 0 Å². The SMILES string of the molecule is C=C(C)[C@H]1CC[C@@]2(C)C[C@H]3O[C@@]3(C)CC/C=C(\C)CC[C@H]12. The van der Waals surface area contributed by atoms with E-state index in [-0.39, 0.29) is 5.60 Å². The Hall–Kier alpha value is -0.560. The van der Waals surface area contributed by atoms with Crippen LogP contribution in [-0.4, -0.2) is 11.7 Å². The van der Waals surface area contributed by atoms with Gasteiger partial charge in [0.25, 0.3) is 0 Å². The average Bonchev–Trinajstić information content (AvgIpc) is 2.88. The Morgan fingerprint density at radius 2 is 2.05 bits per heavy atom. The molecule has 1 heteroatoms. The minimum absolute atomic E-state index is 0.163. The second kappa shape index (κ2) is 5.26. The van der Waals surface area contributed by atoms with Crippen molar-refractivity contribution in [2.24, 2.45) is 17.3 Å². The molecule has 3 rings (SSSR count). The standard InChI is InChI=1S/C20H32O/c1-14(2)16-10-12-19(4)13-18-20(5,21-18)11-6-7-15(3)8-9-17(16)19/h7,16-18H,1,6,8-13H2,2-5H3/b15-7+/t16-,17-,18-,19+,20+/m1/s1. The van der Waals surface area contributed by atoms with E-state index in [1.165, 1.54) is 50.5 Å². The molecule has 0 bridgehead atoms. The second-order valence-corrected chi connectivity index (χ2v) is 8.50. The Bertz CT molecular complexity index is 462. The van der Waals surface area contributed by atoms with Gasteiger partial charge < -0.3 is 4.74 Å². The van der Waals surface area contributed by atoms with E-state index in [1.807, 2.05) is 0 Å². The van der Waals surface area contributed by atoms with E-state index in [2.05, 4.69) is 40.3 Å². The molecule has 0 aromatic rings. The van der Waals surface area contributed by atoms with Gasteiger partial charge in [-0.05, 0) is 83.0 Å². The summed E-state index contributed by atoms with van der Waals surface area (Å²) in [4.78, 5) is 0. The molecule has 2 fully saturated rings. The molecule has 5 atom stereocenters. The van der Waals surface area contributed by atoms with Gasteiger partial charge in [-0.25, -0.2) is 0 Å². The van der Waals surface area contributed by atoms with Crippen LogP contribution >= 0.6 is 0 Å². The summed E-state index contributed by atoms with van der Waals surface area (Å²) >= 11 is 0. The smallest absolute Gasteiger partial charge is 0.0923 e. The van der Waals surface area contributed by atoms with Crippen LogP contribution in [0.5, 0.6) is 0 Å². The minimum atomic E-state index is 0.163. The third kappa shape index (κ3) is 2.86. The molecule has 1 nitrogen and oxygen atoms in total. The van der Waals surface area contributed by atoms with Crippen molar-refractivity contribution in [1.82, 2.24) is 0 Å². The van der Waals surface area contributed by atoms with Crippen molar-refractivity contribution in [2.45, 2.75) is 84.3 Å². The minimum Gasteiger partial charge on any atom is -0.366 e. The molecule has 1 saturated heterocycles. The zero-order valence-electron chi connectivity index (χ0n) is 14.4. The van der Waals surface area contributed by atoms with Crippen LogP contribution < -0.4 is 0 Å². The summed E-state index contributed by atoms with van der Waals surface area (Å²) in [6, 6.07) is 0. The zero-order valence-corrected chi connectivity index (χ0v) is 14.4. The molecule has 3 aliphatic rings. The molecule has 0 aromatic heterocycles. The van der Waals surface area contributed by atoms with Crippen molar-refractivity contribution < 1.29 is 4.74 Å². The van der Waals surface area contributed by atoms with Crippen molar-refractivity contribution >= 4 is 0 Å². The maximum absolute atomic E-state index is 6.13. The topological polar surface area (TPSA) is 12.5 Å². The van der Waals surface area contributed by atoms with Crippen molar-refractivity contribution in [1.29, 1.82) is 0 Å². The van der Waals surface area contributed by atoms with Gasteiger partial charge in [0.05, 0.1) is 11.7 Å². The Balaban J connectivity index is 1.85. The Kier molecular flexibility index (Phi) is 3.84. The first-order valence-corrected chi connectivity index (χ1v) is 8.83. The van der Waals surface area contributed by atoms with Gasteiger partial charge in [0, 0.05) is 0 Å². The number of rotatable bonds is 1. The highest BCUT2D eigenvalue weighted by molar-refractivity contribution is 5.13. The molecule has 1 aliphatic heterocycles. The van der Waals surface area contributed by atoms with Crippen LogP contribution in [0, 0.1) is 17.3 Å². The highest BCUT2D eigenvalue weighted by Gasteiger charge is 2.56. The van der Waals surface area contributed by atoms with Crippen LogP contribution in [0.3, 0.4) is 0 Å². The number of hydrogen-bond donors (Lipinski definition) is 0. The first-order chi connectivity index (χ1) is 9.84. The number of allylic oxidation sites excluding steroid dienone is 3. The van der Waals surface area contributed by atoms with Crippen LogP contribution in [0.15, 0.2) is 23.8 Å². The van der Waals surface area contributed by atoms with E-state index in [1.54, 1.807) is 5.57 Å². The molecular formula is C20H32O. The first-order valence-electron chi connectivity index (χ1n) is 8.83. The van der Waals surface area contributed by atoms with Gasteiger partial charge in [-0.2, -0.15) is 0 Å². The van der Waals surface area contributed by atoms with Gasteiger partial charge in [-0.15, -0.1) is 0 Å². The third-order valence-electron chi connectivity index (χ3n) is 6.71. The third-order valence-corrected chi connectivity index (χ3v) is 6.71. The summed E-state index contributed by atoms with van der Waals surface area (Å²) in [7, 11) is 0. The second-order valence-electron chi connectivity index (χ2n) is 8.50. The number of hydrogen-bond acceptors (Lipinski definition) is 1. The molecule has 2 aliphatic carbocycles. The van der Waals surface area contributed by atoms with E-state index in [9.17, 15) is 0 Å². The van der Waals surface area contributed by atoms with E-state index in [4.69, 9.17) is 4.74 Å². The van der Waals surface area contributed by atoms with Crippen LogP contribution in [-0.2, 0) is 4.74 Å². The Morgan fingerprint density at radius 3 is 2.76 bits per heavy atom. The first kappa shape index (κ1) is 15.3. The van der Waals surface area contributed by atoms with Gasteiger partial charge in [0.2, 0.25) is 0 Å². The quantitative estimate of drug-likeness (QED) is 0.448. The fourth-order valence-electron chi connectivity index (χ4n) is 5.03. The predicted octanol–water partition coefficient (Wildman–Crippen LogP) is 5.66. The summed E-state index contributed by atoms with van der Waals surface area (Å²) in [6.45, 7) is 13.7. The van der Waals surface area contributed by atoms with E-state index in [0.717, 1.165) is 11.8 Å². The fraction of sp³-hybridized carbons (Fsp3) is 0.800. The lowest BCUT2D eigenvalue weighted by molar-refractivity contribution is 0.158. The Labute approximate surface area is 130 Å². The van der Waals surface area contributed by atoms with E-state index < -0.39 is 0 Å². The largest absolute Gasteiger partial charge is 0.366 e. The summed E-state index contributed by atoms with van der Waals surface area (Å²) in [5, 5.41) is 0. The van der Waals surface area contributed by atoms with Crippen molar-refractivity contribution in [3.8, 4) is 0 Å². The highest BCUT2D eigenvalue weighted by Crippen LogP contribution is 2.58. The van der Waals surface area contributed by atoms with Gasteiger partial charge in [-0.1, -0.05) is 30.7 Å². The van der Waals surface area contributed by atoms with Crippen LogP contribution in [0.25, 0.3) is 0 Å². The number of epoxide rings is 1. The lowest BCUT2D eigenvalue weighted by Gasteiger charge is -2.35. The monoisotopic (exact) mass is 288 g/mol. The highest BCUT2D eigenvalue weighted by atomic mass is 16.6. The summed E-state index contributed by atoms with van der Waals surface area (Å²) in [5.41, 5.74) is 3.60. The molecule has 118 valence electrons. The van der Waals surface area contributed by atoms with E-state index >= 15 is 0 Å². The molecule has 1 heterocycles. The molecule has 1 saturated carbocycles. The number of ether oxygens (including phenoxy) is 1. The molecule has 0 unspecified atom stereocenters. The van der Waals surface area contributed by atoms with Crippen LogP contribution in [0.4, 0.5) is 0 Å². The molecule has 0 N–H and O–H groups in total. The predicted molar refractivity (Wildman–Crippen MR) is 89.3 cm³/mol. The molecule has 0 spiro atoms. The lowest BCUT2D eigenvalue weighted by atomic mass is 9.69. The van der Waals surface area contributed by atoms with Crippen molar-refractivity contribution in [3.63, 3.8) is 0 Å². The van der Waals surface area contributed by atoms with Gasteiger partial charge in [0.15, 0.2) is 0 Å².